The zero-order chi connectivity index (χ0) is 12.1. The van der Waals surface area contributed by atoms with Crippen molar-refractivity contribution in [3.63, 3.8) is 0 Å². The molecule has 1 aromatic heterocycles. The van der Waals surface area contributed by atoms with Crippen molar-refractivity contribution in [2.75, 3.05) is 5.32 Å². The number of halogens is 3. The van der Waals surface area contributed by atoms with E-state index in [-0.39, 0.29) is 35.9 Å². The standard InChI is InChI=1S/C8H12F2N4OS.ClH/c1-4(11)2-3-5(15)12-8-14-13-7(16-8)6(9)10;/h4,6H,2-3,11H2,1H3,(H,12,14,15);1H. The Hall–Kier alpha value is -0.860. The van der Waals surface area contributed by atoms with Crippen molar-refractivity contribution in [1.82, 2.24) is 10.2 Å². The largest absolute Gasteiger partial charge is 0.328 e. The van der Waals surface area contributed by atoms with E-state index in [1.807, 2.05) is 0 Å². The lowest BCUT2D eigenvalue weighted by molar-refractivity contribution is -0.116. The van der Waals surface area contributed by atoms with Gasteiger partial charge in [0.15, 0.2) is 5.01 Å². The number of carbonyl (C=O) groups is 1. The van der Waals surface area contributed by atoms with Crippen LogP contribution in [0.3, 0.4) is 0 Å². The van der Waals surface area contributed by atoms with Gasteiger partial charge in [-0.05, 0) is 13.3 Å². The molecule has 0 aromatic carbocycles. The average molecular weight is 287 g/mol. The molecule has 0 aliphatic rings. The number of aromatic nitrogens is 2. The number of rotatable bonds is 5. The number of carbonyl (C=O) groups excluding carboxylic acids is 1. The van der Waals surface area contributed by atoms with Crippen LogP contribution in [0.2, 0.25) is 0 Å². The van der Waals surface area contributed by atoms with Crippen LogP contribution in [0.5, 0.6) is 0 Å². The molecule has 9 heteroatoms. The zero-order valence-corrected chi connectivity index (χ0v) is 10.7. The van der Waals surface area contributed by atoms with E-state index in [2.05, 4.69) is 15.5 Å². The van der Waals surface area contributed by atoms with Crippen molar-refractivity contribution in [2.24, 2.45) is 5.73 Å². The molecular formula is C8H13ClF2N4OS. The highest BCUT2D eigenvalue weighted by molar-refractivity contribution is 7.15. The maximum Gasteiger partial charge on any atom is 0.291 e. The molecular weight excluding hydrogens is 274 g/mol. The van der Waals surface area contributed by atoms with Gasteiger partial charge in [0.2, 0.25) is 11.0 Å². The summed E-state index contributed by atoms with van der Waals surface area (Å²) in [5.41, 5.74) is 5.47. The number of nitrogens with one attached hydrogen (secondary N) is 1. The van der Waals surface area contributed by atoms with Crippen LogP contribution < -0.4 is 11.1 Å². The van der Waals surface area contributed by atoms with Gasteiger partial charge in [0.25, 0.3) is 6.43 Å². The van der Waals surface area contributed by atoms with Gasteiger partial charge in [0.05, 0.1) is 0 Å². The minimum atomic E-state index is -2.66. The van der Waals surface area contributed by atoms with Gasteiger partial charge in [0, 0.05) is 12.5 Å². The smallest absolute Gasteiger partial charge is 0.291 e. The molecule has 98 valence electrons. The van der Waals surface area contributed by atoms with Crippen molar-refractivity contribution in [1.29, 1.82) is 0 Å². The van der Waals surface area contributed by atoms with E-state index in [1.54, 1.807) is 6.92 Å². The molecule has 0 aliphatic heterocycles. The van der Waals surface area contributed by atoms with Crippen LogP contribution in [0.25, 0.3) is 0 Å². The summed E-state index contributed by atoms with van der Waals surface area (Å²) >= 11 is 0.668. The van der Waals surface area contributed by atoms with Crippen molar-refractivity contribution < 1.29 is 13.6 Å². The third kappa shape index (κ3) is 5.85. The van der Waals surface area contributed by atoms with Gasteiger partial charge in [0.1, 0.15) is 0 Å². The molecule has 1 aromatic rings. The molecule has 0 aliphatic carbocycles. The Morgan fingerprint density at radius 1 is 1.53 bits per heavy atom. The van der Waals surface area contributed by atoms with Crippen LogP contribution in [0, 0.1) is 0 Å². The number of nitrogens with two attached hydrogens (primary N) is 1. The Bertz CT molecular complexity index is 361. The first-order valence-electron chi connectivity index (χ1n) is 4.66. The summed E-state index contributed by atoms with van der Waals surface area (Å²) in [6.45, 7) is 1.78. The second kappa shape index (κ2) is 7.46. The van der Waals surface area contributed by atoms with Crippen molar-refractivity contribution in [3.05, 3.63) is 5.01 Å². The highest BCUT2D eigenvalue weighted by Gasteiger charge is 2.15. The minimum Gasteiger partial charge on any atom is -0.328 e. The summed E-state index contributed by atoms with van der Waals surface area (Å²) in [7, 11) is 0. The highest BCUT2D eigenvalue weighted by atomic mass is 35.5. The maximum absolute atomic E-state index is 12.2. The maximum atomic E-state index is 12.2. The fourth-order valence-electron chi connectivity index (χ4n) is 0.914. The quantitative estimate of drug-likeness (QED) is 0.867. The Balaban J connectivity index is 0.00000256. The van der Waals surface area contributed by atoms with Gasteiger partial charge in [-0.3, -0.25) is 4.79 Å². The van der Waals surface area contributed by atoms with Gasteiger partial charge in [-0.2, -0.15) is 0 Å². The number of hydrogen-bond donors (Lipinski definition) is 2. The molecule has 17 heavy (non-hydrogen) atoms. The fourth-order valence-corrected chi connectivity index (χ4v) is 1.53. The number of nitrogens with zero attached hydrogens (tertiary/aromatic N) is 2. The van der Waals surface area contributed by atoms with Gasteiger partial charge >= 0.3 is 0 Å². The van der Waals surface area contributed by atoms with E-state index in [4.69, 9.17) is 5.73 Å². The van der Waals surface area contributed by atoms with E-state index in [1.165, 1.54) is 0 Å². The molecule has 0 bridgehead atoms. The Morgan fingerprint density at radius 2 is 2.18 bits per heavy atom. The summed E-state index contributed by atoms with van der Waals surface area (Å²) in [6.07, 6.45) is -1.89. The van der Waals surface area contributed by atoms with Crippen LogP contribution in [0.4, 0.5) is 13.9 Å². The predicted molar refractivity (Wildman–Crippen MR) is 63.6 cm³/mol. The summed E-state index contributed by atoms with van der Waals surface area (Å²) in [6, 6.07) is -0.0724. The number of amides is 1. The number of alkyl halides is 2. The summed E-state index contributed by atoms with van der Waals surface area (Å²) in [5, 5.41) is 8.75. The molecule has 3 N–H and O–H groups in total. The van der Waals surface area contributed by atoms with E-state index < -0.39 is 11.4 Å². The zero-order valence-electron chi connectivity index (χ0n) is 9.02. The second-order valence-electron chi connectivity index (χ2n) is 3.31. The van der Waals surface area contributed by atoms with Crippen LogP contribution in [-0.2, 0) is 4.79 Å². The fraction of sp³-hybridized carbons (Fsp3) is 0.625. The van der Waals surface area contributed by atoms with E-state index in [0.717, 1.165) is 0 Å². The number of anilines is 1. The van der Waals surface area contributed by atoms with Gasteiger partial charge in [-0.1, -0.05) is 11.3 Å². The van der Waals surface area contributed by atoms with Crippen molar-refractivity contribution >= 4 is 34.8 Å². The topological polar surface area (TPSA) is 80.9 Å². The van der Waals surface area contributed by atoms with Crippen molar-refractivity contribution in [3.8, 4) is 0 Å². The molecule has 1 amide bonds. The number of hydrogen-bond acceptors (Lipinski definition) is 5. The van der Waals surface area contributed by atoms with E-state index in [0.29, 0.717) is 17.8 Å². The molecule has 5 nitrogen and oxygen atoms in total. The summed E-state index contributed by atoms with van der Waals surface area (Å²) < 4.78 is 24.3. The average Bonchev–Trinajstić information content (AvgIpc) is 2.63. The van der Waals surface area contributed by atoms with Crippen LogP contribution >= 0.6 is 23.7 Å². The Kier molecular flexibility index (Phi) is 7.09. The highest BCUT2D eigenvalue weighted by Crippen LogP contribution is 2.25. The monoisotopic (exact) mass is 286 g/mol. The van der Waals surface area contributed by atoms with E-state index >= 15 is 0 Å². The van der Waals surface area contributed by atoms with Gasteiger partial charge in [-0.25, -0.2) is 8.78 Å². The first-order chi connectivity index (χ1) is 7.49. The molecule has 1 unspecified atom stereocenters. The summed E-state index contributed by atoms with van der Waals surface area (Å²) in [4.78, 5) is 11.3. The molecule has 0 saturated heterocycles. The molecule has 1 atom stereocenters. The molecule has 0 fully saturated rings. The summed E-state index contributed by atoms with van der Waals surface area (Å²) in [5.74, 6) is -0.297. The van der Waals surface area contributed by atoms with E-state index in [9.17, 15) is 13.6 Å². The third-order valence-electron chi connectivity index (χ3n) is 1.70. The SMILES string of the molecule is CC(N)CCC(=O)Nc1nnc(C(F)F)s1.Cl. The molecule has 0 spiro atoms. The lowest BCUT2D eigenvalue weighted by Crippen LogP contribution is -2.19. The normalized spacial score (nSPS) is 12.1. The first kappa shape index (κ1) is 16.1. The molecule has 1 rings (SSSR count). The lowest BCUT2D eigenvalue weighted by atomic mass is 10.2. The van der Waals surface area contributed by atoms with Gasteiger partial charge < -0.3 is 11.1 Å². The van der Waals surface area contributed by atoms with Crippen LogP contribution in [0.1, 0.15) is 31.2 Å². The predicted octanol–water partition coefficient (Wildman–Crippen LogP) is 1.96. The van der Waals surface area contributed by atoms with Crippen LogP contribution in [0.15, 0.2) is 0 Å². The Labute approximate surface area is 107 Å². The molecule has 1 heterocycles. The Morgan fingerprint density at radius 3 is 2.65 bits per heavy atom. The first-order valence-corrected chi connectivity index (χ1v) is 5.47. The lowest BCUT2D eigenvalue weighted by Gasteiger charge is -2.03. The van der Waals surface area contributed by atoms with Crippen LogP contribution in [-0.4, -0.2) is 22.1 Å². The second-order valence-corrected chi connectivity index (χ2v) is 4.32. The molecule has 0 radical (unpaired) electrons. The molecule has 0 saturated carbocycles. The minimum absolute atomic E-state index is 0. The van der Waals surface area contributed by atoms with Crippen molar-refractivity contribution in [2.45, 2.75) is 32.2 Å². The third-order valence-corrected chi connectivity index (χ3v) is 2.55. The van der Waals surface area contributed by atoms with Gasteiger partial charge in [-0.15, -0.1) is 22.6 Å².